The minimum Gasteiger partial charge on any atom is -0.466 e. The number of esters is 1. The van der Waals surface area contributed by atoms with Crippen molar-refractivity contribution in [3.63, 3.8) is 0 Å². The number of hydrogen-bond acceptors (Lipinski definition) is 3. The van der Waals surface area contributed by atoms with Crippen molar-refractivity contribution < 1.29 is 18.3 Å². The number of hydrogen-bond donors (Lipinski definition) is 0. The smallest absolute Gasteiger partial charge is 0.302 e. The monoisotopic (exact) mass is 286 g/mol. The number of rotatable bonds is 5. The van der Waals surface area contributed by atoms with Crippen molar-refractivity contribution in [3.05, 3.63) is 18.0 Å². The number of halogens is 2. The Balaban J connectivity index is 1.77. The zero-order valence-electron chi connectivity index (χ0n) is 11.6. The SMILES string of the molecule is CC(=O)OCCC1CCC(n2ccc(C(F)F)n2)CC1. The summed E-state index contributed by atoms with van der Waals surface area (Å²) < 4.78 is 31.6. The number of carbonyl (C=O) groups excluding carboxylic acids is 1. The Morgan fingerprint density at radius 2 is 2.15 bits per heavy atom. The Morgan fingerprint density at radius 1 is 1.45 bits per heavy atom. The summed E-state index contributed by atoms with van der Waals surface area (Å²) in [7, 11) is 0. The Bertz CT molecular complexity index is 440. The molecule has 0 radical (unpaired) electrons. The van der Waals surface area contributed by atoms with Crippen LogP contribution in [0.1, 0.15) is 57.2 Å². The minimum atomic E-state index is -2.50. The van der Waals surface area contributed by atoms with E-state index in [1.807, 2.05) is 0 Å². The molecule has 1 heterocycles. The largest absolute Gasteiger partial charge is 0.466 e. The van der Waals surface area contributed by atoms with E-state index >= 15 is 0 Å². The second kappa shape index (κ2) is 6.81. The molecule has 1 aromatic rings. The minimum absolute atomic E-state index is 0.151. The molecule has 0 aromatic carbocycles. The van der Waals surface area contributed by atoms with Gasteiger partial charge in [-0.1, -0.05) is 0 Å². The van der Waals surface area contributed by atoms with E-state index in [4.69, 9.17) is 4.74 Å². The third kappa shape index (κ3) is 4.02. The normalized spacial score (nSPS) is 23.0. The molecule has 6 heteroatoms. The van der Waals surface area contributed by atoms with Crippen molar-refractivity contribution in [2.75, 3.05) is 6.61 Å². The molecule has 20 heavy (non-hydrogen) atoms. The third-order valence-electron chi connectivity index (χ3n) is 3.87. The summed E-state index contributed by atoms with van der Waals surface area (Å²) in [5.74, 6) is 0.311. The molecule has 1 aliphatic rings. The fraction of sp³-hybridized carbons (Fsp3) is 0.714. The second-order valence-electron chi connectivity index (χ2n) is 5.32. The molecule has 1 saturated carbocycles. The molecule has 0 amide bonds. The van der Waals surface area contributed by atoms with Crippen molar-refractivity contribution in [1.29, 1.82) is 0 Å². The van der Waals surface area contributed by atoms with Crippen molar-refractivity contribution in [2.24, 2.45) is 5.92 Å². The number of ether oxygens (including phenoxy) is 1. The maximum Gasteiger partial charge on any atom is 0.302 e. The number of aromatic nitrogens is 2. The maximum absolute atomic E-state index is 12.5. The summed E-state index contributed by atoms with van der Waals surface area (Å²) in [4.78, 5) is 10.7. The fourth-order valence-electron chi connectivity index (χ4n) is 2.74. The summed E-state index contributed by atoms with van der Waals surface area (Å²) in [5, 5.41) is 3.94. The number of carbonyl (C=O) groups is 1. The van der Waals surface area contributed by atoms with E-state index in [9.17, 15) is 13.6 Å². The Kier molecular flexibility index (Phi) is 5.09. The zero-order chi connectivity index (χ0) is 14.5. The van der Waals surface area contributed by atoms with Gasteiger partial charge in [0.15, 0.2) is 0 Å². The summed E-state index contributed by atoms with van der Waals surface area (Å²) in [6.45, 7) is 1.89. The lowest BCUT2D eigenvalue weighted by Crippen LogP contribution is -2.20. The first-order valence-electron chi connectivity index (χ1n) is 7.03. The van der Waals surface area contributed by atoms with Gasteiger partial charge in [-0.2, -0.15) is 5.10 Å². The van der Waals surface area contributed by atoms with E-state index in [0.717, 1.165) is 32.1 Å². The van der Waals surface area contributed by atoms with Crippen LogP contribution < -0.4 is 0 Å². The van der Waals surface area contributed by atoms with Gasteiger partial charge in [-0.15, -0.1) is 0 Å². The van der Waals surface area contributed by atoms with Crippen LogP contribution in [0.3, 0.4) is 0 Å². The molecular weight excluding hydrogens is 266 g/mol. The van der Waals surface area contributed by atoms with Crippen LogP contribution >= 0.6 is 0 Å². The van der Waals surface area contributed by atoms with E-state index in [1.54, 1.807) is 10.9 Å². The highest BCUT2D eigenvalue weighted by molar-refractivity contribution is 5.65. The topological polar surface area (TPSA) is 44.1 Å². The molecule has 0 spiro atoms. The molecule has 0 saturated heterocycles. The van der Waals surface area contributed by atoms with Crippen molar-refractivity contribution >= 4 is 5.97 Å². The average molecular weight is 286 g/mol. The average Bonchev–Trinajstić information content (AvgIpc) is 2.89. The summed E-state index contributed by atoms with van der Waals surface area (Å²) in [5.41, 5.74) is -0.151. The lowest BCUT2D eigenvalue weighted by Gasteiger charge is -2.28. The third-order valence-corrected chi connectivity index (χ3v) is 3.87. The van der Waals surface area contributed by atoms with Crippen LogP contribution in [0.15, 0.2) is 12.3 Å². The van der Waals surface area contributed by atoms with Crippen LogP contribution in [0.5, 0.6) is 0 Å². The molecule has 2 rings (SSSR count). The Labute approximate surface area is 117 Å². The first-order valence-corrected chi connectivity index (χ1v) is 7.03. The van der Waals surface area contributed by atoms with E-state index in [1.165, 1.54) is 13.0 Å². The second-order valence-corrected chi connectivity index (χ2v) is 5.32. The van der Waals surface area contributed by atoms with Gasteiger partial charge < -0.3 is 4.74 Å². The highest BCUT2D eigenvalue weighted by Crippen LogP contribution is 2.33. The molecule has 0 N–H and O–H groups in total. The van der Waals surface area contributed by atoms with Gasteiger partial charge in [-0.3, -0.25) is 9.48 Å². The van der Waals surface area contributed by atoms with Gasteiger partial charge in [0.25, 0.3) is 6.43 Å². The van der Waals surface area contributed by atoms with Gasteiger partial charge in [0.05, 0.1) is 12.6 Å². The quantitative estimate of drug-likeness (QED) is 0.778. The number of alkyl halides is 2. The molecule has 0 aliphatic heterocycles. The molecule has 112 valence electrons. The maximum atomic E-state index is 12.5. The van der Waals surface area contributed by atoms with Crippen molar-refractivity contribution in [2.45, 2.75) is 51.5 Å². The summed E-state index contributed by atoms with van der Waals surface area (Å²) in [6.07, 6.45) is 3.95. The predicted molar refractivity (Wildman–Crippen MR) is 69.4 cm³/mol. The lowest BCUT2D eigenvalue weighted by atomic mass is 9.84. The van der Waals surface area contributed by atoms with Gasteiger partial charge in [0.1, 0.15) is 5.69 Å². The highest BCUT2D eigenvalue weighted by atomic mass is 19.3. The van der Waals surface area contributed by atoms with Gasteiger partial charge in [-0.25, -0.2) is 8.78 Å². The molecule has 1 aromatic heterocycles. The molecule has 1 fully saturated rings. The summed E-state index contributed by atoms with van der Waals surface area (Å²) in [6, 6.07) is 1.60. The Morgan fingerprint density at radius 3 is 2.70 bits per heavy atom. The predicted octanol–water partition coefficient (Wildman–Crippen LogP) is 3.51. The van der Waals surface area contributed by atoms with Crippen LogP contribution in [-0.4, -0.2) is 22.4 Å². The van der Waals surface area contributed by atoms with Crippen LogP contribution in [0.4, 0.5) is 8.78 Å². The molecule has 1 aliphatic carbocycles. The van der Waals surface area contributed by atoms with Crippen molar-refractivity contribution in [1.82, 2.24) is 9.78 Å². The highest BCUT2D eigenvalue weighted by Gasteiger charge is 2.23. The standard InChI is InChI=1S/C14H20F2N2O2/c1-10(19)20-9-7-11-2-4-12(5-3-11)18-8-6-13(17-18)14(15)16/h6,8,11-12,14H,2-5,7,9H2,1H3. The van der Waals surface area contributed by atoms with Crippen LogP contribution in [0.25, 0.3) is 0 Å². The summed E-state index contributed by atoms with van der Waals surface area (Å²) >= 11 is 0. The lowest BCUT2D eigenvalue weighted by molar-refractivity contribution is -0.141. The van der Waals surface area contributed by atoms with Gasteiger partial charge in [0.2, 0.25) is 0 Å². The van der Waals surface area contributed by atoms with Crippen LogP contribution in [0, 0.1) is 5.92 Å². The molecule has 0 atom stereocenters. The Hall–Kier alpha value is -1.46. The molecule has 0 bridgehead atoms. The van der Waals surface area contributed by atoms with E-state index < -0.39 is 6.43 Å². The van der Waals surface area contributed by atoms with Gasteiger partial charge in [0, 0.05) is 13.1 Å². The van der Waals surface area contributed by atoms with Crippen LogP contribution in [-0.2, 0) is 9.53 Å². The van der Waals surface area contributed by atoms with Crippen molar-refractivity contribution in [3.8, 4) is 0 Å². The molecule has 4 nitrogen and oxygen atoms in total. The van der Waals surface area contributed by atoms with Crippen LogP contribution in [0.2, 0.25) is 0 Å². The van der Waals surface area contributed by atoms with Gasteiger partial charge >= 0.3 is 5.97 Å². The fourth-order valence-corrected chi connectivity index (χ4v) is 2.74. The van der Waals surface area contributed by atoms with Gasteiger partial charge in [-0.05, 0) is 44.1 Å². The molecule has 0 unspecified atom stereocenters. The van der Waals surface area contributed by atoms with E-state index in [2.05, 4.69) is 5.10 Å². The molecular formula is C14H20F2N2O2. The van der Waals surface area contributed by atoms with E-state index in [-0.39, 0.29) is 17.7 Å². The first kappa shape index (κ1) is 14.9. The van der Waals surface area contributed by atoms with E-state index in [0.29, 0.717) is 12.5 Å². The zero-order valence-corrected chi connectivity index (χ0v) is 11.6. The first-order chi connectivity index (χ1) is 9.56. The number of nitrogens with zero attached hydrogens (tertiary/aromatic N) is 2.